The molecule has 0 saturated carbocycles. The van der Waals surface area contributed by atoms with Crippen LogP contribution in [0.15, 0.2) is 30.5 Å². The molecule has 21 heavy (non-hydrogen) atoms. The van der Waals surface area contributed by atoms with Gasteiger partial charge >= 0.3 is 5.97 Å². The maximum Gasteiger partial charge on any atom is 0.352 e. The molecule has 1 aromatic carbocycles. The second-order valence-corrected chi connectivity index (χ2v) is 5.98. The molecule has 0 fully saturated rings. The quantitative estimate of drug-likeness (QED) is 0.898. The van der Waals surface area contributed by atoms with Crippen molar-refractivity contribution in [1.82, 2.24) is 4.57 Å². The van der Waals surface area contributed by atoms with Crippen LogP contribution in [0, 0.1) is 11.7 Å². The second-order valence-electron chi connectivity index (χ2n) is 5.54. The van der Waals surface area contributed by atoms with Crippen molar-refractivity contribution >= 4 is 17.6 Å². The molecule has 0 aliphatic carbocycles. The number of carboxylic acids is 1. The maximum absolute atomic E-state index is 13.4. The van der Waals surface area contributed by atoms with Gasteiger partial charge in [-0.1, -0.05) is 25.4 Å². The zero-order valence-electron chi connectivity index (χ0n) is 11.9. The molecule has 1 aromatic heterocycles. The molecule has 2 aromatic rings. The van der Waals surface area contributed by atoms with Gasteiger partial charge in [-0.15, -0.1) is 0 Å². The van der Waals surface area contributed by atoms with E-state index >= 15 is 0 Å². The minimum Gasteiger partial charge on any atom is -0.477 e. The molecule has 2 rings (SSSR count). The standard InChI is InChI=1S/C16H17ClFNO2/c1-10(2)3-11-6-15(16(20)21)19(8-11)9-12-4-13(17)7-14(18)5-12/h4-8,10H,3,9H2,1-2H3,(H,20,21). The highest BCUT2D eigenvalue weighted by Crippen LogP contribution is 2.18. The topological polar surface area (TPSA) is 42.2 Å². The summed E-state index contributed by atoms with van der Waals surface area (Å²) in [4.78, 5) is 11.3. The van der Waals surface area contributed by atoms with Crippen molar-refractivity contribution < 1.29 is 14.3 Å². The summed E-state index contributed by atoms with van der Waals surface area (Å²) in [5.74, 6) is -0.984. The van der Waals surface area contributed by atoms with E-state index in [1.165, 1.54) is 12.1 Å². The molecule has 1 N–H and O–H groups in total. The normalized spacial score (nSPS) is 11.1. The van der Waals surface area contributed by atoms with E-state index in [9.17, 15) is 14.3 Å². The second kappa shape index (κ2) is 6.31. The van der Waals surface area contributed by atoms with Crippen LogP contribution in [0.4, 0.5) is 4.39 Å². The van der Waals surface area contributed by atoms with Gasteiger partial charge in [0, 0.05) is 17.8 Å². The highest BCUT2D eigenvalue weighted by molar-refractivity contribution is 6.30. The van der Waals surface area contributed by atoms with Crippen LogP contribution >= 0.6 is 11.6 Å². The van der Waals surface area contributed by atoms with Crippen molar-refractivity contribution in [2.45, 2.75) is 26.8 Å². The van der Waals surface area contributed by atoms with Crippen molar-refractivity contribution in [2.24, 2.45) is 5.92 Å². The van der Waals surface area contributed by atoms with E-state index in [0.29, 0.717) is 16.5 Å². The van der Waals surface area contributed by atoms with Gasteiger partial charge < -0.3 is 9.67 Å². The van der Waals surface area contributed by atoms with Gasteiger partial charge in [-0.25, -0.2) is 9.18 Å². The van der Waals surface area contributed by atoms with Crippen molar-refractivity contribution in [3.63, 3.8) is 0 Å². The lowest BCUT2D eigenvalue weighted by Gasteiger charge is -2.07. The molecule has 0 aliphatic heterocycles. The zero-order chi connectivity index (χ0) is 15.6. The first-order valence-electron chi connectivity index (χ1n) is 6.72. The minimum atomic E-state index is -0.993. The van der Waals surface area contributed by atoms with Gasteiger partial charge in [-0.3, -0.25) is 0 Å². The summed E-state index contributed by atoms with van der Waals surface area (Å²) in [6, 6.07) is 5.89. The molecule has 3 nitrogen and oxygen atoms in total. The summed E-state index contributed by atoms with van der Waals surface area (Å²) in [5.41, 5.74) is 1.80. The highest BCUT2D eigenvalue weighted by atomic mass is 35.5. The summed E-state index contributed by atoms with van der Waals surface area (Å²) in [6.07, 6.45) is 2.61. The molecule has 0 aliphatic rings. The summed E-state index contributed by atoms with van der Waals surface area (Å²) < 4.78 is 15.0. The smallest absolute Gasteiger partial charge is 0.352 e. The van der Waals surface area contributed by atoms with Crippen LogP contribution in [0.3, 0.4) is 0 Å². The van der Waals surface area contributed by atoms with Gasteiger partial charge in [0.05, 0.1) is 0 Å². The minimum absolute atomic E-state index is 0.200. The third kappa shape index (κ3) is 4.08. The molecule has 0 unspecified atom stereocenters. The number of aromatic carboxylic acids is 1. The molecule has 0 atom stereocenters. The van der Waals surface area contributed by atoms with Gasteiger partial charge in [0.1, 0.15) is 11.5 Å². The molecule has 0 amide bonds. The van der Waals surface area contributed by atoms with Gasteiger partial charge in [-0.2, -0.15) is 0 Å². The van der Waals surface area contributed by atoms with Crippen LogP contribution in [0.1, 0.15) is 35.5 Å². The summed E-state index contributed by atoms with van der Waals surface area (Å²) in [5, 5.41) is 9.58. The molecule has 112 valence electrons. The number of hydrogen-bond donors (Lipinski definition) is 1. The van der Waals surface area contributed by atoms with Gasteiger partial charge in [-0.05, 0) is 47.7 Å². The molecule has 1 heterocycles. The first kappa shape index (κ1) is 15.6. The number of nitrogens with zero attached hydrogens (tertiary/aromatic N) is 1. The third-order valence-electron chi connectivity index (χ3n) is 3.09. The summed E-state index contributed by atoms with van der Waals surface area (Å²) in [6.45, 7) is 4.42. The van der Waals surface area contributed by atoms with Crippen LogP contribution in [0.5, 0.6) is 0 Å². The highest BCUT2D eigenvalue weighted by Gasteiger charge is 2.14. The van der Waals surface area contributed by atoms with Crippen LogP contribution in [-0.2, 0) is 13.0 Å². The monoisotopic (exact) mass is 309 g/mol. The van der Waals surface area contributed by atoms with Crippen molar-refractivity contribution in [1.29, 1.82) is 0 Å². The number of carboxylic acid groups (broad SMARTS) is 1. The van der Waals surface area contributed by atoms with E-state index in [1.54, 1.807) is 16.7 Å². The fourth-order valence-corrected chi connectivity index (χ4v) is 2.61. The van der Waals surface area contributed by atoms with E-state index in [-0.39, 0.29) is 12.2 Å². The Morgan fingerprint density at radius 1 is 1.29 bits per heavy atom. The Morgan fingerprint density at radius 3 is 2.57 bits per heavy atom. The number of rotatable bonds is 5. The molecule has 0 radical (unpaired) electrons. The molecular formula is C16H17ClFNO2. The Morgan fingerprint density at radius 2 is 2.00 bits per heavy atom. The average Bonchev–Trinajstić information content (AvgIpc) is 2.69. The van der Waals surface area contributed by atoms with Crippen LogP contribution in [0.2, 0.25) is 5.02 Å². The Hall–Kier alpha value is -1.81. The maximum atomic E-state index is 13.4. The Balaban J connectivity index is 2.33. The molecular weight excluding hydrogens is 293 g/mol. The number of benzene rings is 1. The van der Waals surface area contributed by atoms with Crippen LogP contribution in [0.25, 0.3) is 0 Å². The van der Waals surface area contributed by atoms with Gasteiger partial charge in [0.2, 0.25) is 0 Å². The van der Waals surface area contributed by atoms with Crippen molar-refractivity contribution in [3.8, 4) is 0 Å². The first-order valence-corrected chi connectivity index (χ1v) is 7.10. The lowest BCUT2D eigenvalue weighted by atomic mass is 10.1. The number of halogens is 2. The third-order valence-corrected chi connectivity index (χ3v) is 3.31. The molecule has 0 saturated heterocycles. The predicted molar refractivity (Wildman–Crippen MR) is 80.4 cm³/mol. The van der Waals surface area contributed by atoms with Crippen LogP contribution < -0.4 is 0 Å². The summed E-state index contributed by atoms with van der Waals surface area (Å²) >= 11 is 5.83. The lowest BCUT2D eigenvalue weighted by molar-refractivity contribution is 0.0685. The first-order chi connectivity index (χ1) is 9.85. The number of carbonyl (C=O) groups is 1. The zero-order valence-corrected chi connectivity index (χ0v) is 12.7. The van der Waals surface area contributed by atoms with Crippen molar-refractivity contribution in [2.75, 3.05) is 0 Å². The largest absolute Gasteiger partial charge is 0.477 e. The van der Waals surface area contributed by atoms with Gasteiger partial charge in [0.25, 0.3) is 0 Å². The Labute approximate surface area is 128 Å². The summed E-state index contributed by atoms with van der Waals surface area (Å²) in [7, 11) is 0. The van der Waals surface area contributed by atoms with E-state index in [2.05, 4.69) is 13.8 Å². The number of aromatic nitrogens is 1. The molecule has 0 bridgehead atoms. The van der Waals surface area contributed by atoms with Gasteiger partial charge in [0.15, 0.2) is 0 Å². The Kier molecular flexibility index (Phi) is 4.68. The SMILES string of the molecule is CC(C)Cc1cc(C(=O)O)n(Cc2cc(F)cc(Cl)c2)c1. The lowest BCUT2D eigenvalue weighted by Crippen LogP contribution is -2.08. The van der Waals surface area contributed by atoms with Crippen molar-refractivity contribution in [3.05, 3.63) is 58.1 Å². The molecule has 5 heteroatoms. The number of hydrogen-bond acceptors (Lipinski definition) is 1. The predicted octanol–water partition coefficient (Wildman–Crippen LogP) is 4.23. The average molecular weight is 310 g/mol. The fourth-order valence-electron chi connectivity index (χ4n) is 2.36. The van der Waals surface area contributed by atoms with Crippen LogP contribution in [-0.4, -0.2) is 15.6 Å². The molecule has 0 spiro atoms. The Bertz CT molecular complexity index is 644. The fraction of sp³-hybridized carbons (Fsp3) is 0.312. The van der Waals surface area contributed by atoms with E-state index < -0.39 is 11.8 Å². The van der Waals surface area contributed by atoms with E-state index in [4.69, 9.17) is 11.6 Å². The van der Waals surface area contributed by atoms with E-state index in [1.807, 2.05) is 6.20 Å². The van der Waals surface area contributed by atoms with E-state index in [0.717, 1.165) is 12.0 Å².